The predicted octanol–water partition coefficient (Wildman–Crippen LogP) is 2.80. The third-order valence-corrected chi connectivity index (χ3v) is 1.93. The smallest absolute Gasteiger partial charge is 0.0523 e. The fourth-order valence-electron chi connectivity index (χ4n) is 0.902. The second-order valence-electron chi connectivity index (χ2n) is 2.89. The van der Waals surface area contributed by atoms with Crippen LogP contribution < -0.4 is 0 Å². The maximum absolute atomic E-state index is 3.61. The molecule has 0 aliphatic carbocycles. The maximum atomic E-state index is 3.61. The van der Waals surface area contributed by atoms with Crippen LogP contribution in [0.15, 0.2) is 18.0 Å². The Morgan fingerprint density at radius 2 is 2.09 bits per heavy atom. The van der Waals surface area contributed by atoms with Crippen molar-refractivity contribution in [1.29, 1.82) is 0 Å². The van der Waals surface area contributed by atoms with Gasteiger partial charge in [-0.1, -0.05) is 26.3 Å². The number of hydrogen-bond donors (Lipinski definition) is 0. The Morgan fingerprint density at radius 1 is 1.45 bits per heavy atom. The van der Waals surface area contributed by atoms with Crippen molar-refractivity contribution in [3.05, 3.63) is 18.0 Å². The standard InChI is InChI=1S/C10H19N/c1-5-7-8-9-11(4)10(3)6-2/h2,5,7-9H2,1,3-4H3. The van der Waals surface area contributed by atoms with E-state index in [1.54, 1.807) is 0 Å². The summed E-state index contributed by atoms with van der Waals surface area (Å²) in [6.45, 7) is 8.99. The van der Waals surface area contributed by atoms with Crippen molar-refractivity contribution in [2.75, 3.05) is 13.6 Å². The van der Waals surface area contributed by atoms with Crippen LogP contribution in [-0.2, 0) is 0 Å². The molecule has 0 aromatic heterocycles. The minimum absolute atomic E-state index is 1.13. The molecule has 0 rings (SSSR count). The Hall–Kier alpha value is -0.680. The van der Waals surface area contributed by atoms with Gasteiger partial charge in [0.1, 0.15) is 0 Å². The van der Waals surface area contributed by atoms with Crippen LogP contribution in [0.2, 0.25) is 0 Å². The zero-order chi connectivity index (χ0) is 8.69. The van der Waals surface area contributed by atoms with Crippen molar-refractivity contribution in [3.8, 4) is 0 Å². The molecule has 0 saturated heterocycles. The van der Waals surface area contributed by atoms with Gasteiger partial charge in [-0.15, -0.1) is 5.73 Å². The van der Waals surface area contributed by atoms with Crippen molar-refractivity contribution >= 4 is 0 Å². The van der Waals surface area contributed by atoms with Gasteiger partial charge in [-0.3, -0.25) is 0 Å². The van der Waals surface area contributed by atoms with Gasteiger partial charge in [0, 0.05) is 13.6 Å². The summed E-state index contributed by atoms with van der Waals surface area (Å²) >= 11 is 0. The largest absolute Gasteiger partial charge is 0.372 e. The molecule has 64 valence electrons. The number of hydrogen-bond acceptors (Lipinski definition) is 1. The summed E-state index contributed by atoms with van der Waals surface area (Å²) in [5, 5.41) is 0. The molecule has 0 amide bonds. The zero-order valence-electron chi connectivity index (χ0n) is 7.98. The molecule has 0 bridgehead atoms. The lowest BCUT2D eigenvalue weighted by molar-refractivity contribution is 0.403. The molecule has 1 heteroatoms. The van der Waals surface area contributed by atoms with Crippen molar-refractivity contribution < 1.29 is 0 Å². The van der Waals surface area contributed by atoms with Gasteiger partial charge < -0.3 is 4.90 Å². The van der Waals surface area contributed by atoms with Crippen LogP contribution in [0.1, 0.15) is 33.1 Å². The molecule has 11 heavy (non-hydrogen) atoms. The van der Waals surface area contributed by atoms with Crippen molar-refractivity contribution in [1.82, 2.24) is 4.90 Å². The van der Waals surface area contributed by atoms with E-state index in [1.165, 1.54) is 19.3 Å². The van der Waals surface area contributed by atoms with Gasteiger partial charge in [0.15, 0.2) is 0 Å². The molecule has 0 aromatic rings. The first-order chi connectivity index (χ1) is 5.22. The summed E-state index contributed by atoms with van der Waals surface area (Å²) in [5.74, 6) is 0. The highest BCUT2D eigenvalue weighted by atomic mass is 15.1. The van der Waals surface area contributed by atoms with Crippen molar-refractivity contribution in [3.63, 3.8) is 0 Å². The molecule has 0 atom stereocenters. The highest BCUT2D eigenvalue weighted by Gasteiger charge is 1.95. The van der Waals surface area contributed by atoms with E-state index in [9.17, 15) is 0 Å². The molecule has 1 nitrogen and oxygen atoms in total. The van der Waals surface area contributed by atoms with Crippen LogP contribution in [0.5, 0.6) is 0 Å². The Kier molecular flexibility index (Phi) is 5.68. The van der Waals surface area contributed by atoms with E-state index in [-0.39, 0.29) is 0 Å². The van der Waals surface area contributed by atoms with Crippen LogP contribution in [0.25, 0.3) is 0 Å². The number of unbranched alkanes of at least 4 members (excludes halogenated alkanes) is 2. The van der Waals surface area contributed by atoms with Crippen LogP contribution in [-0.4, -0.2) is 18.5 Å². The molecule has 0 unspecified atom stereocenters. The predicted molar refractivity (Wildman–Crippen MR) is 50.5 cm³/mol. The Bertz CT molecular complexity index is 143. The summed E-state index contributed by atoms with van der Waals surface area (Å²) < 4.78 is 0. The summed E-state index contributed by atoms with van der Waals surface area (Å²) in [6, 6.07) is 0. The topological polar surface area (TPSA) is 3.24 Å². The van der Waals surface area contributed by atoms with E-state index in [4.69, 9.17) is 0 Å². The molecular weight excluding hydrogens is 134 g/mol. The molecule has 0 aliphatic rings. The molecule has 0 radical (unpaired) electrons. The minimum Gasteiger partial charge on any atom is -0.372 e. The van der Waals surface area contributed by atoms with Crippen LogP contribution in [0.4, 0.5) is 0 Å². The quantitative estimate of drug-likeness (QED) is 0.433. The molecule has 0 N–H and O–H groups in total. The minimum atomic E-state index is 1.13. The fraction of sp³-hybridized carbons (Fsp3) is 0.700. The molecule has 0 saturated carbocycles. The molecular formula is C10H19N. The fourth-order valence-corrected chi connectivity index (χ4v) is 0.902. The summed E-state index contributed by atoms with van der Waals surface area (Å²) in [4.78, 5) is 2.20. The highest BCUT2D eigenvalue weighted by Crippen LogP contribution is 2.01. The number of allylic oxidation sites excluding steroid dienone is 1. The Balaban J connectivity index is 3.52. The average Bonchev–Trinajstić information content (AvgIpc) is 2.03. The summed E-state index contributed by atoms with van der Waals surface area (Å²) in [5.41, 5.74) is 4.02. The normalized spacial score (nSPS) is 9.00. The van der Waals surface area contributed by atoms with E-state index in [1.807, 2.05) is 6.92 Å². The lowest BCUT2D eigenvalue weighted by Gasteiger charge is -2.17. The third-order valence-electron chi connectivity index (χ3n) is 1.93. The second kappa shape index (κ2) is 6.06. The molecule has 0 fully saturated rings. The molecule has 0 aliphatic heterocycles. The lowest BCUT2D eigenvalue weighted by Crippen LogP contribution is -2.16. The van der Waals surface area contributed by atoms with Gasteiger partial charge in [-0.2, -0.15) is 0 Å². The van der Waals surface area contributed by atoms with E-state index in [0.717, 1.165) is 12.2 Å². The first-order valence-corrected chi connectivity index (χ1v) is 4.30. The summed E-state index contributed by atoms with van der Waals surface area (Å²) in [6.07, 6.45) is 3.87. The van der Waals surface area contributed by atoms with Gasteiger partial charge >= 0.3 is 0 Å². The van der Waals surface area contributed by atoms with E-state index < -0.39 is 0 Å². The summed E-state index contributed by atoms with van der Waals surface area (Å²) in [7, 11) is 2.09. The molecule has 0 heterocycles. The van der Waals surface area contributed by atoms with Crippen LogP contribution in [0.3, 0.4) is 0 Å². The number of rotatable bonds is 5. The second-order valence-corrected chi connectivity index (χ2v) is 2.89. The molecule has 0 aromatic carbocycles. The van der Waals surface area contributed by atoms with Crippen LogP contribution >= 0.6 is 0 Å². The third kappa shape index (κ3) is 4.69. The van der Waals surface area contributed by atoms with E-state index in [2.05, 4.69) is 31.2 Å². The lowest BCUT2D eigenvalue weighted by atomic mass is 10.2. The van der Waals surface area contributed by atoms with E-state index >= 15 is 0 Å². The SMILES string of the molecule is C=C=C(C)N(C)CCCCC. The first-order valence-electron chi connectivity index (χ1n) is 4.30. The Labute approximate surface area is 70.4 Å². The maximum Gasteiger partial charge on any atom is 0.0523 e. The number of nitrogens with zero attached hydrogens (tertiary/aromatic N) is 1. The van der Waals surface area contributed by atoms with Gasteiger partial charge in [0.05, 0.1) is 5.70 Å². The van der Waals surface area contributed by atoms with E-state index in [0.29, 0.717) is 0 Å². The Morgan fingerprint density at radius 3 is 2.55 bits per heavy atom. The first kappa shape index (κ1) is 10.3. The van der Waals surface area contributed by atoms with Crippen LogP contribution in [0, 0.1) is 0 Å². The van der Waals surface area contributed by atoms with Gasteiger partial charge in [0.25, 0.3) is 0 Å². The van der Waals surface area contributed by atoms with Crippen molar-refractivity contribution in [2.45, 2.75) is 33.1 Å². The highest BCUT2D eigenvalue weighted by molar-refractivity contribution is 4.91. The zero-order valence-corrected chi connectivity index (χ0v) is 7.98. The van der Waals surface area contributed by atoms with Gasteiger partial charge in [0.2, 0.25) is 0 Å². The molecule has 0 spiro atoms. The van der Waals surface area contributed by atoms with Gasteiger partial charge in [-0.05, 0) is 13.3 Å². The van der Waals surface area contributed by atoms with Crippen molar-refractivity contribution in [2.24, 2.45) is 0 Å². The monoisotopic (exact) mass is 153 g/mol. The average molecular weight is 153 g/mol. The van der Waals surface area contributed by atoms with Gasteiger partial charge in [-0.25, -0.2) is 0 Å².